The number of ether oxygens (including phenoxy) is 3. The van der Waals surface area contributed by atoms with Gasteiger partial charge in [0.05, 0.1) is 11.2 Å². The van der Waals surface area contributed by atoms with Crippen molar-refractivity contribution in [3.05, 3.63) is 57.7 Å². The summed E-state index contributed by atoms with van der Waals surface area (Å²) in [6.45, 7) is 13.4. The number of rotatable bonds is 5. The lowest BCUT2D eigenvalue weighted by Gasteiger charge is -2.56. The van der Waals surface area contributed by atoms with Crippen LogP contribution in [0.2, 0.25) is 0 Å². The smallest absolute Gasteiger partial charge is 0.200 e. The maximum absolute atomic E-state index is 14.5. The molecule has 1 unspecified atom stereocenters. The molecule has 1 saturated heterocycles. The molecule has 3 aliphatic heterocycles. The minimum absolute atomic E-state index is 0.0905. The van der Waals surface area contributed by atoms with Crippen LogP contribution in [0.5, 0.6) is 17.2 Å². The van der Waals surface area contributed by atoms with Crippen molar-refractivity contribution in [1.29, 1.82) is 0 Å². The van der Waals surface area contributed by atoms with Gasteiger partial charge in [0.2, 0.25) is 0 Å². The number of aromatic hydroxyl groups is 1. The number of hydrogen-bond donors (Lipinski definition) is 1. The Hall–Kier alpha value is -3.45. The van der Waals surface area contributed by atoms with Crippen LogP contribution >= 0.6 is 0 Å². The van der Waals surface area contributed by atoms with Gasteiger partial charge in [0.1, 0.15) is 34.7 Å². The molecule has 1 spiro atoms. The molecule has 3 aliphatic carbocycles. The van der Waals surface area contributed by atoms with Gasteiger partial charge in [-0.05, 0) is 79.0 Å². The van der Waals surface area contributed by atoms with Crippen LogP contribution in [0.15, 0.2) is 41.0 Å². The number of benzene rings is 1. The molecule has 6 aliphatic rings. The minimum Gasteiger partial charge on any atom is -0.506 e. The van der Waals surface area contributed by atoms with Crippen LogP contribution in [0.3, 0.4) is 0 Å². The number of fused-ring (bicyclic) bond motifs is 2. The summed E-state index contributed by atoms with van der Waals surface area (Å²) in [5.41, 5.74) is -1.26. The molecule has 7 rings (SSSR count). The van der Waals surface area contributed by atoms with E-state index in [0.29, 0.717) is 40.9 Å². The summed E-state index contributed by atoms with van der Waals surface area (Å²) in [5, 5.41) is 11.5. The Bertz CT molecular complexity index is 1510. The summed E-state index contributed by atoms with van der Waals surface area (Å²) in [7, 11) is 0. The van der Waals surface area contributed by atoms with Crippen molar-refractivity contribution in [3.63, 3.8) is 0 Å². The van der Waals surface area contributed by atoms with Crippen LogP contribution < -0.4 is 9.47 Å². The maximum Gasteiger partial charge on any atom is 0.200 e. The number of phenols is 1. The number of carbonyl (C=O) groups is 3. The number of aldehydes is 1. The van der Waals surface area contributed by atoms with Crippen molar-refractivity contribution in [2.45, 2.75) is 90.1 Å². The van der Waals surface area contributed by atoms with Crippen molar-refractivity contribution in [2.75, 3.05) is 0 Å². The maximum atomic E-state index is 14.5. The monoisotopic (exact) mass is 544 g/mol. The average molecular weight is 545 g/mol. The molecule has 2 fully saturated rings. The lowest BCUT2D eigenvalue weighted by molar-refractivity contribution is -0.171. The zero-order chi connectivity index (χ0) is 29.0. The fraction of sp³-hybridized carbons (Fsp3) is 0.485. The van der Waals surface area contributed by atoms with Crippen molar-refractivity contribution < 1.29 is 33.7 Å². The highest BCUT2D eigenvalue weighted by Crippen LogP contribution is 2.68. The highest BCUT2D eigenvalue weighted by molar-refractivity contribution is 6.19. The zero-order valence-corrected chi connectivity index (χ0v) is 24.1. The van der Waals surface area contributed by atoms with Crippen molar-refractivity contribution in [1.82, 2.24) is 0 Å². The Kier molecular flexibility index (Phi) is 5.54. The number of allylic oxidation sites excluding steroid dienone is 4. The third-order valence-corrected chi connectivity index (χ3v) is 9.23. The van der Waals surface area contributed by atoms with Gasteiger partial charge < -0.3 is 19.3 Å². The number of Topliss-reactive ketones (excluding diaryl/α,β-unsaturated/α-hetero) is 2. The summed E-state index contributed by atoms with van der Waals surface area (Å²) in [6.07, 6.45) is 10.8. The largest absolute Gasteiger partial charge is 0.506 e. The summed E-state index contributed by atoms with van der Waals surface area (Å²) in [4.78, 5) is 40.1. The summed E-state index contributed by atoms with van der Waals surface area (Å²) in [5.74, 6) is -0.814. The molecule has 1 aromatic rings. The molecular formula is C33H36O7. The first-order valence-corrected chi connectivity index (χ1v) is 13.9. The molecule has 4 bridgehead atoms. The van der Waals surface area contributed by atoms with E-state index in [0.717, 1.165) is 11.9 Å². The van der Waals surface area contributed by atoms with Crippen molar-refractivity contribution in [3.8, 4) is 17.2 Å². The molecule has 7 heteroatoms. The second kappa shape index (κ2) is 8.29. The molecule has 7 nitrogen and oxygen atoms in total. The molecule has 4 atom stereocenters. The van der Waals surface area contributed by atoms with Crippen LogP contribution in [0, 0.1) is 11.8 Å². The molecule has 0 amide bonds. The second-order valence-electron chi connectivity index (χ2n) is 13.1. The van der Waals surface area contributed by atoms with Crippen molar-refractivity contribution >= 4 is 23.9 Å². The summed E-state index contributed by atoms with van der Waals surface area (Å²) in [6, 6.07) is 0. The van der Waals surface area contributed by atoms with Gasteiger partial charge in [-0.2, -0.15) is 0 Å². The highest BCUT2D eigenvalue weighted by Gasteiger charge is 2.81. The van der Waals surface area contributed by atoms with E-state index in [1.807, 2.05) is 53.7 Å². The van der Waals surface area contributed by atoms with Crippen LogP contribution in [0.1, 0.15) is 82.8 Å². The molecule has 210 valence electrons. The predicted molar refractivity (Wildman–Crippen MR) is 150 cm³/mol. The van der Waals surface area contributed by atoms with E-state index in [-0.39, 0.29) is 41.0 Å². The normalized spacial score (nSPS) is 31.9. The van der Waals surface area contributed by atoms with Gasteiger partial charge in [0.25, 0.3) is 0 Å². The van der Waals surface area contributed by atoms with Crippen molar-refractivity contribution in [2.24, 2.45) is 11.8 Å². The van der Waals surface area contributed by atoms with E-state index in [1.54, 1.807) is 25.2 Å². The first-order chi connectivity index (χ1) is 18.7. The summed E-state index contributed by atoms with van der Waals surface area (Å²) < 4.78 is 20.2. The first kappa shape index (κ1) is 26.8. The standard InChI is InChI=1S/C33H36O7/c1-17(2)8-9-21-27-20(11-12-30(4,5)38-27)25(35)24-26(36)22-14-19-15-23-31(6,7)40-32(29(19)37,13-10-18(3)16-34)33(22,23)39-28(21)24/h8,10-12,14,16,19,23,35H,9,13,15H2,1-7H3/b18-10+/t19-,23?,32+,33-/m1/s1. The van der Waals surface area contributed by atoms with Crippen LogP contribution in [-0.2, 0) is 20.7 Å². The van der Waals surface area contributed by atoms with Crippen LogP contribution in [0.25, 0.3) is 6.08 Å². The molecule has 1 saturated carbocycles. The Morgan fingerprint density at radius 1 is 1.07 bits per heavy atom. The fourth-order valence-corrected chi connectivity index (χ4v) is 7.41. The van der Waals surface area contributed by atoms with Gasteiger partial charge in [0, 0.05) is 29.4 Å². The highest BCUT2D eigenvalue weighted by atomic mass is 16.6. The molecule has 1 N–H and O–H groups in total. The second-order valence-corrected chi connectivity index (χ2v) is 13.1. The van der Waals surface area contributed by atoms with Gasteiger partial charge in [-0.3, -0.25) is 14.4 Å². The Labute approximate surface area is 234 Å². The average Bonchev–Trinajstić information content (AvgIpc) is 3.03. The van der Waals surface area contributed by atoms with E-state index < -0.39 is 28.3 Å². The number of carbonyl (C=O) groups excluding carboxylic acids is 3. The fourth-order valence-electron chi connectivity index (χ4n) is 7.41. The number of phenolic OH excluding ortho intramolecular Hbond substituents is 1. The van der Waals surface area contributed by atoms with Crippen LogP contribution in [-0.4, -0.2) is 45.4 Å². The predicted octanol–water partition coefficient (Wildman–Crippen LogP) is 5.63. The topological polar surface area (TPSA) is 99.1 Å². The molecule has 40 heavy (non-hydrogen) atoms. The van der Waals surface area contributed by atoms with E-state index in [2.05, 4.69) is 0 Å². The van der Waals surface area contributed by atoms with Gasteiger partial charge in [-0.1, -0.05) is 23.8 Å². The van der Waals surface area contributed by atoms with E-state index in [1.165, 1.54) is 0 Å². The lowest BCUT2D eigenvalue weighted by Crippen LogP contribution is -2.72. The van der Waals surface area contributed by atoms with Gasteiger partial charge in [-0.15, -0.1) is 0 Å². The lowest BCUT2D eigenvalue weighted by atomic mass is 9.51. The third kappa shape index (κ3) is 3.30. The van der Waals surface area contributed by atoms with Crippen LogP contribution in [0.4, 0.5) is 0 Å². The molecule has 1 aromatic carbocycles. The number of hydrogen-bond acceptors (Lipinski definition) is 7. The van der Waals surface area contributed by atoms with E-state index in [4.69, 9.17) is 14.2 Å². The van der Waals surface area contributed by atoms with Gasteiger partial charge >= 0.3 is 0 Å². The minimum atomic E-state index is -1.49. The SMILES string of the molecule is CC(C)=CCc1c2c(c(O)c3c1O[C@]14C(=C[C@@H]5CC1C(C)(C)O[C@@]4(C/C=C(\C)C=O)C5=O)C3=O)C=CC(C)(C)O2. The first-order valence-electron chi connectivity index (χ1n) is 13.9. The summed E-state index contributed by atoms with van der Waals surface area (Å²) >= 11 is 0. The molecule has 0 aromatic heterocycles. The van der Waals surface area contributed by atoms with Gasteiger partial charge in [-0.25, -0.2) is 0 Å². The molecule has 3 heterocycles. The van der Waals surface area contributed by atoms with E-state index in [9.17, 15) is 19.5 Å². The molecular weight excluding hydrogens is 508 g/mol. The number of ketones is 2. The van der Waals surface area contributed by atoms with Gasteiger partial charge in [0.15, 0.2) is 22.8 Å². The van der Waals surface area contributed by atoms with E-state index >= 15 is 0 Å². The Morgan fingerprint density at radius 2 is 1.80 bits per heavy atom. The third-order valence-electron chi connectivity index (χ3n) is 9.23. The molecule has 0 radical (unpaired) electrons. The Morgan fingerprint density at radius 3 is 2.48 bits per heavy atom. The quantitative estimate of drug-likeness (QED) is 0.292. The zero-order valence-electron chi connectivity index (χ0n) is 24.1. The Balaban J connectivity index is 1.67.